The molecule has 0 radical (unpaired) electrons. The Morgan fingerprint density at radius 1 is 1.05 bits per heavy atom. The third kappa shape index (κ3) is 5.78. The van der Waals surface area contributed by atoms with Gasteiger partial charge in [-0.25, -0.2) is 0 Å². The molecule has 5 rings (SSSR count). The number of likely N-dealkylation sites (N-methyl/N-ethyl adjacent to an activating group) is 1. The molecule has 2 amide bonds. The molecule has 2 unspecified atom stereocenters. The SMILES string of the molecule is CC1=C(CC(=O)N[C@@H](Cc2ccccc2)C(=O)N(C)Cc2cc(-c3ccccc3)on2)C2C=CC=CC2N1. The first-order valence-corrected chi connectivity index (χ1v) is 12.9. The molecule has 3 atom stereocenters. The molecule has 0 fully saturated rings. The first kappa shape index (κ1) is 25.3. The van der Waals surface area contributed by atoms with Gasteiger partial charge in [-0.3, -0.25) is 9.59 Å². The average molecular weight is 509 g/mol. The van der Waals surface area contributed by atoms with E-state index in [-0.39, 0.29) is 36.7 Å². The summed E-state index contributed by atoms with van der Waals surface area (Å²) in [7, 11) is 1.72. The van der Waals surface area contributed by atoms with Crippen molar-refractivity contribution >= 4 is 11.8 Å². The Hall–Kier alpha value is -4.39. The number of rotatable bonds is 9. The molecule has 2 N–H and O–H groups in total. The second-order valence-electron chi connectivity index (χ2n) is 9.85. The molecule has 0 bridgehead atoms. The van der Waals surface area contributed by atoms with Crippen molar-refractivity contribution in [3.8, 4) is 11.3 Å². The van der Waals surface area contributed by atoms with Gasteiger partial charge in [-0.15, -0.1) is 0 Å². The van der Waals surface area contributed by atoms with Gasteiger partial charge >= 0.3 is 0 Å². The Bertz CT molecular complexity index is 1370. The molecule has 38 heavy (non-hydrogen) atoms. The van der Waals surface area contributed by atoms with Gasteiger partial charge in [-0.2, -0.15) is 0 Å². The van der Waals surface area contributed by atoms with E-state index >= 15 is 0 Å². The van der Waals surface area contributed by atoms with Crippen LogP contribution in [0.4, 0.5) is 0 Å². The number of nitrogens with zero attached hydrogens (tertiary/aromatic N) is 2. The highest BCUT2D eigenvalue weighted by atomic mass is 16.5. The first-order chi connectivity index (χ1) is 18.5. The second kappa shape index (κ2) is 11.3. The molecule has 1 aliphatic heterocycles. The van der Waals surface area contributed by atoms with Crippen LogP contribution in [0, 0.1) is 5.92 Å². The van der Waals surface area contributed by atoms with Crippen LogP contribution in [0.25, 0.3) is 11.3 Å². The summed E-state index contributed by atoms with van der Waals surface area (Å²) in [6.07, 6.45) is 8.91. The number of carbonyl (C=O) groups excluding carboxylic acids is 2. The van der Waals surface area contributed by atoms with E-state index in [4.69, 9.17) is 4.52 Å². The van der Waals surface area contributed by atoms with Crippen LogP contribution in [0.5, 0.6) is 0 Å². The van der Waals surface area contributed by atoms with Gasteiger partial charge in [0.15, 0.2) is 5.76 Å². The van der Waals surface area contributed by atoms with Crippen molar-refractivity contribution in [3.63, 3.8) is 0 Å². The third-order valence-electron chi connectivity index (χ3n) is 7.06. The molecule has 0 saturated carbocycles. The Labute approximate surface area is 222 Å². The van der Waals surface area contributed by atoms with Crippen LogP contribution in [-0.2, 0) is 22.6 Å². The molecule has 0 spiro atoms. The molecule has 0 saturated heterocycles. The summed E-state index contributed by atoms with van der Waals surface area (Å²) in [5.74, 6) is 0.456. The van der Waals surface area contributed by atoms with Crippen LogP contribution in [-0.4, -0.2) is 41.0 Å². The van der Waals surface area contributed by atoms with Crippen LogP contribution in [0.3, 0.4) is 0 Å². The number of nitrogens with one attached hydrogen (secondary N) is 2. The Balaban J connectivity index is 1.28. The van der Waals surface area contributed by atoms with Gasteiger partial charge in [0.25, 0.3) is 0 Å². The molecule has 2 aromatic carbocycles. The summed E-state index contributed by atoms with van der Waals surface area (Å²) in [4.78, 5) is 28.4. The lowest BCUT2D eigenvalue weighted by molar-refractivity contribution is -0.135. The van der Waals surface area contributed by atoms with Crippen molar-refractivity contribution in [2.75, 3.05) is 7.05 Å². The number of fused-ring (bicyclic) bond motifs is 1. The molecule has 7 nitrogen and oxygen atoms in total. The highest BCUT2D eigenvalue weighted by Gasteiger charge is 2.32. The normalized spacial score (nSPS) is 18.6. The van der Waals surface area contributed by atoms with E-state index in [1.165, 1.54) is 0 Å². The number of amides is 2. The Morgan fingerprint density at radius 2 is 1.76 bits per heavy atom. The van der Waals surface area contributed by atoms with Crippen LogP contribution in [0.1, 0.15) is 24.6 Å². The minimum Gasteiger partial charge on any atom is -0.381 e. The van der Waals surface area contributed by atoms with E-state index < -0.39 is 6.04 Å². The predicted molar refractivity (Wildman–Crippen MR) is 147 cm³/mol. The van der Waals surface area contributed by atoms with Crippen molar-refractivity contribution < 1.29 is 14.1 Å². The van der Waals surface area contributed by atoms with Gasteiger partial charge < -0.3 is 20.1 Å². The van der Waals surface area contributed by atoms with Gasteiger partial charge in [0.1, 0.15) is 11.7 Å². The van der Waals surface area contributed by atoms with E-state index in [2.05, 4.69) is 27.9 Å². The molecule has 194 valence electrons. The third-order valence-corrected chi connectivity index (χ3v) is 7.06. The van der Waals surface area contributed by atoms with Gasteiger partial charge in [0.2, 0.25) is 11.8 Å². The molecule has 2 heterocycles. The quantitative estimate of drug-likeness (QED) is 0.447. The van der Waals surface area contributed by atoms with Crippen LogP contribution in [0.2, 0.25) is 0 Å². The average Bonchev–Trinajstić information content (AvgIpc) is 3.53. The fourth-order valence-electron chi connectivity index (χ4n) is 5.10. The lowest BCUT2D eigenvalue weighted by atomic mass is 9.89. The van der Waals surface area contributed by atoms with Crippen LogP contribution in [0.15, 0.2) is 107 Å². The molecule has 1 aromatic heterocycles. The molecule has 3 aromatic rings. The largest absolute Gasteiger partial charge is 0.381 e. The highest BCUT2D eigenvalue weighted by Crippen LogP contribution is 2.32. The maximum atomic E-state index is 13.6. The van der Waals surface area contributed by atoms with Gasteiger partial charge in [-0.1, -0.05) is 90.1 Å². The predicted octanol–water partition coefficient (Wildman–Crippen LogP) is 4.41. The number of aromatic nitrogens is 1. The van der Waals surface area contributed by atoms with E-state index in [0.29, 0.717) is 17.9 Å². The van der Waals surface area contributed by atoms with Crippen molar-refractivity contribution in [3.05, 3.63) is 114 Å². The molecular weight excluding hydrogens is 476 g/mol. The lowest BCUT2D eigenvalue weighted by Crippen LogP contribution is -2.48. The van der Waals surface area contributed by atoms with Gasteiger partial charge in [0.05, 0.1) is 19.0 Å². The smallest absolute Gasteiger partial charge is 0.245 e. The fourth-order valence-corrected chi connectivity index (χ4v) is 5.10. The van der Waals surface area contributed by atoms with E-state index in [9.17, 15) is 9.59 Å². The minimum atomic E-state index is -0.705. The minimum absolute atomic E-state index is 0.155. The number of carbonyl (C=O) groups is 2. The number of hydrogen-bond donors (Lipinski definition) is 2. The maximum Gasteiger partial charge on any atom is 0.245 e. The summed E-state index contributed by atoms with van der Waals surface area (Å²) in [6.45, 7) is 2.27. The Morgan fingerprint density at radius 3 is 2.53 bits per heavy atom. The highest BCUT2D eigenvalue weighted by molar-refractivity contribution is 5.88. The van der Waals surface area contributed by atoms with Crippen molar-refractivity contribution in [2.45, 2.75) is 38.4 Å². The fraction of sp³-hybridized carbons (Fsp3) is 0.258. The summed E-state index contributed by atoms with van der Waals surface area (Å²) in [5, 5.41) is 10.6. The molecular formula is C31H32N4O3. The Kier molecular flexibility index (Phi) is 7.54. The lowest BCUT2D eigenvalue weighted by Gasteiger charge is -2.25. The van der Waals surface area contributed by atoms with Crippen LogP contribution < -0.4 is 10.6 Å². The summed E-state index contributed by atoms with van der Waals surface area (Å²) in [5.41, 5.74) is 4.63. The summed E-state index contributed by atoms with van der Waals surface area (Å²) >= 11 is 0. The first-order valence-electron chi connectivity index (χ1n) is 12.9. The van der Waals surface area contributed by atoms with Gasteiger partial charge in [-0.05, 0) is 18.1 Å². The zero-order chi connectivity index (χ0) is 26.5. The topological polar surface area (TPSA) is 87.5 Å². The molecule has 7 heteroatoms. The van der Waals surface area contributed by atoms with Crippen molar-refractivity contribution in [1.29, 1.82) is 0 Å². The maximum absolute atomic E-state index is 13.6. The second-order valence-corrected chi connectivity index (χ2v) is 9.85. The van der Waals surface area contributed by atoms with Gasteiger partial charge in [0, 0.05) is 36.7 Å². The zero-order valence-corrected chi connectivity index (χ0v) is 21.6. The van der Waals surface area contributed by atoms with Crippen molar-refractivity contribution in [1.82, 2.24) is 20.7 Å². The monoisotopic (exact) mass is 508 g/mol. The van der Waals surface area contributed by atoms with Crippen molar-refractivity contribution in [2.24, 2.45) is 5.92 Å². The molecule has 2 aliphatic rings. The van der Waals surface area contributed by atoms with Crippen LogP contribution >= 0.6 is 0 Å². The number of allylic oxidation sites excluding steroid dienone is 3. The molecule has 1 aliphatic carbocycles. The summed E-state index contributed by atoms with van der Waals surface area (Å²) in [6, 6.07) is 20.8. The van der Waals surface area contributed by atoms with E-state index in [1.807, 2.05) is 85.8 Å². The zero-order valence-electron chi connectivity index (χ0n) is 21.6. The standard InChI is InChI=1S/C31H32N4O3/c1-21-26(25-15-9-10-16-27(25)32-21)19-30(36)33-28(17-22-11-5-3-6-12-22)31(37)35(2)20-24-18-29(38-34-24)23-13-7-4-8-14-23/h3-16,18,25,27-28,32H,17,19-20H2,1-2H3,(H,33,36)/t25?,27?,28-/m0/s1. The number of benzene rings is 2. The summed E-state index contributed by atoms with van der Waals surface area (Å²) < 4.78 is 5.50. The van der Waals surface area contributed by atoms with E-state index in [0.717, 1.165) is 22.4 Å². The van der Waals surface area contributed by atoms with E-state index in [1.54, 1.807) is 11.9 Å². The number of hydrogen-bond acceptors (Lipinski definition) is 5.